The number of carbonyl (C=O) groups excluding carboxylic acids is 2. The van der Waals surface area contributed by atoms with E-state index in [2.05, 4.69) is 10.2 Å². The highest BCUT2D eigenvalue weighted by molar-refractivity contribution is 5.95. The number of piperidine rings is 1. The zero-order valence-electron chi connectivity index (χ0n) is 15.2. The first-order chi connectivity index (χ1) is 13.0. The van der Waals surface area contributed by atoms with Gasteiger partial charge in [-0.2, -0.15) is 0 Å². The summed E-state index contributed by atoms with van der Waals surface area (Å²) in [6.45, 7) is 2.71. The van der Waals surface area contributed by atoms with E-state index in [1.165, 1.54) is 19.1 Å². The first-order valence-electron chi connectivity index (χ1n) is 9.05. The van der Waals surface area contributed by atoms with Gasteiger partial charge in [0.05, 0.1) is 0 Å². The predicted molar refractivity (Wildman–Crippen MR) is 101 cm³/mol. The van der Waals surface area contributed by atoms with Crippen molar-refractivity contribution in [3.63, 3.8) is 0 Å². The number of benzene rings is 2. The van der Waals surface area contributed by atoms with Crippen LogP contribution >= 0.6 is 0 Å². The molecule has 1 heterocycles. The summed E-state index contributed by atoms with van der Waals surface area (Å²) in [5.41, 5.74) is 1.44. The van der Waals surface area contributed by atoms with Gasteiger partial charge in [-0.25, -0.2) is 4.39 Å². The van der Waals surface area contributed by atoms with Crippen LogP contribution in [0.1, 0.15) is 31.4 Å². The van der Waals surface area contributed by atoms with Crippen molar-refractivity contribution in [2.24, 2.45) is 0 Å². The van der Waals surface area contributed by atoms with E-state index < -0.39 is 6.04 Å². The minimum absolute atomic E-state index is 0.102. The van der Waals surface area contributed by atoms with Crippen LogP contribution < -0.4 is 5.32 Å². The summed E-state index contributed by atoms with van der Waals surface area (Å²) in [6, 6.07) is 14.8. The van der Waals surface area contributed by atoms with Crippen LogP contribution in [-0.4, -0.2) is 36.0 Å². The molecule has 27 heavy (non-hydrogen) atoms. The number of anilines is 1. The summed E-state index contributed by atoms with van der Waals surface area (Å²) < 4.78 is 18.4. The highest BCUT2D eigenvalue weighted by Gasteiger charge is 2.32. The Hall–Kier alpha value is -2.73. The molecule has 0 spiro atoms. The number of hydrogen-bond donors (Lipinski definition) is 1. The van der Waals surface area contributed by atoms with E-state index in [0.717, 1.165) is 5.56 Å². The zero-order chi connectivity index (χ0) is 19.2. The lowest BCUT2D eigenvalue weighted by Gasteiger charge is -2.36. The summed E-state index contributed by atoms with van der Waals surface area (Å²) in [6.07, 6.45) is 1.27. The number of carbonyl (C=O) groups is 2. The molecule has 6 heteroatoms. The van der Waals surface area contributed by atoms with Crippen molar-refractivity contribution in [2.45, 2.75) is 31.9 Å². The minimum atomic E-state index is -0.463. The maximum atomic E-state index is 13.1. The molecule has 1 atom stereocenters. The normalized spacial score (nSPS) is 16.5. The highest BCUT2D eigenvalue weighted by Crippen LogP contribution is 2.27. The Kier molecular flexibility index (Phi) is 6.19. The average molecular weight is 370 g/mol. The number of esters is 1. The average Bonchev–Trinajstić information content (AvgIpc) is 2.66. The molecule has 1 N–H and O–H groups in total. The number of likely N-dealkylation sites (tertiary alicyclic amines) is 1. The second-order valence-electron chi connectivity index (χ2n) is 6.65. The van der Waals surface area contributed by atoms with E-state index in [-0.39, 0.29) is 23.8 Å². The number of amides is 1. The number of ether oxygens (including phenoxy) is 1. The second-order valence-corrected chi connectivity index (χ2v) is 6.65. The Morgan fingerprint density at radius 1 is 1.07 bits per heavy atom. The molecule has 1 fully saturated rings. The van der Waals surface area contributed by atoms with Gasteiger partial charge in [0.1, 0.15) is 18.0 Å². The number of hydrogen-bond acceptors (Lipinski definition) is 4. The van der Waals surface area contributed by atoms with Crippen LogP contribution in [0.4, 0.5) is 10.1 Å². The number of nitrogens with zero attached hydrogens (tertiary/aromatic N) is 1. The van der Waals surface area contributed by atoms with Crippen molar-refractivity contribution in [1.82, 2.24) is 4.90 Å². The van der Waals surface area contributed by atoms with Crippen LogP contribution in [0, 0.1) is 5.82 Å². The fourth-order valence-corrected chi connectivity index (χ4v) is 3.39. The molecule has 0 saturated carbocycles. The van der Waals surface area contributed by atoms with Crippen LogP contribution in [0.5, 0.6) is 0 Å². The summed E-state index contributed by atoms with van der Waals surface area (Å²) >= 11 is 0. The second kappa shape index (κ2) is 8.77. The van der Waals surface area contributed by atoms with Crippen molar-refractivity contribution in [2.75, 3.05) is 18.4 Å². The zero-order valence-corrected chi connectivity index (χ0v) is 15.2. The summed E-state index contributed by atoms with van der Waals surface area (Å²) in [7, 11) is 0. The number of nitrogens with one attached hydrogen (secondary N) is 1. The highest BCUT2D eigenvalue weighted by atomic mass is 19.1. The van der Waals surface area contributed by atoms with E-state index in [9.17, 15) is 14.0 Å². The molecule has 0 bridgehead atoms. The molecular formula is C21H23FN2O3. The monoisotopic (exact) mass is 370 g/mol. The summed E-state index contributed by atoms with van der Waals surface area (Å²) in [4.78, 5) is 26.3. The van der Waals surface area contributed by atoms with Crippen LogP contribution in [-0.2, 0) is 14.3 Å². The molecule has 1 saturated heterocycles. The van der Waals surface area contributed by atoms with E-state index in [4.69, 9.17) is 4.74 Å². The Balaban J connectivity index is 1.75. The van der Waals surface area contributed by atoms with Gasteiger partial charge in [-0.3, -0.25) is 14.5 Å². The fourth-order valence-electron chi connectivity index (χ4n) is 3.39. The van der Waals surface area contributed by atoms with Gasteiger partial charge in [0.15, 0.2) is 0 Å². The van der Waals surface area contributed by atoms with Gasteiger partial charge < -0.3 is 10.1 Å². The Bertz CT molecular complexity index is 772. The van der Waals surface area contributed by atoms with E-state index in [1.54, 1.807) is 12.1 Å². The lowest BCUT2D eigenvalue weighted by atomic mass is 9.99. The molecule has 0 radical (unpaired) electrons. The first-order valence-corrected chi connectivity index (χ1v) is 9.05. The first kappa shape index (κ1) is 19.0. The molecular weight excluding hydrogens is 347 g/mol. The van der Waals surface area contributed by atoms with E-state index in [1.807, 2.05) is 30.3 Å². The molecule has 1 aliphatic heterocycles. The predicted octanol–water partition coefficient (Wildman–Crippen LogP) is 3.53. The summed E-state index contributed by atoms with van der Waals surface area (Å²) in [5.74, 6) is -0.791. The van der Waals surface area contributed by atoms with Crippen molar-refractivity contribution in [1.29, 1.82) is 0 Å². The van der Waals surface area contributed by atoms with Crippen LogP contribution in [0.25, 0.3) is 0 Å². The lowest BCUT2D eigenvalue weighted by Crippen LogP contribution is -2.44. The third-order valence-electron chi connectivity index (χ3n) is 4.65. The third kappa shape index (κ3) is 5.14. The van der Waals surface area contributed by atoms with Crippen molar-refractivity contribution in [3.8, 4) is 0 Å². The smallest absolute Gasteiger partial charge is 0.302 e. The SMILES string of the molecule is CC(=O)OC1CCN([C@H](C(=O)Nc2ccc(F)cc2)c2ccccc2)CC1. The van der Waals surface area contributed by atoms with Gasteiger partial charge in [-0.15, -0.1) is 0 Å². The molecule has 2 aromatic carbocycles. The van der Waals surface area contributed by atoms with Crippen LogP contribution in [0.15, 0.2) is 54.6 Å². The van der Waals surface area contributed by atoms with Gasteiger partial charge in [0.2, 0.25) is 5.91 Å². The quantitative estimate of drug-likeness (QED) is 0.818. The van der Waals surface area contributed by atoms with E-state index >= 15 is 0 Å². The molecule has 0 aliphatic carbocycles. The topological polar surface area (TPSA) is 58.6 Å². The van der Waals surface area contributed by atoms with Crippen molar-refractivity contribution in [3.05, 3.63) is 66.0 Å². The Morgan fingerprint density at radius 3 is 2.30 bits per heavy atom. The molecule has 142 valence electrons. The maximum Gasteiger partial charge on any atom is 0.302 e. The van der Waals surface area contributed by atoms with Gasteiger partial charge in [0, 0.05) is 25.7 Å². The van der Waals surface area contributed by atoms with E-state index in [0.29, 0.717) is 31.6 Å². The van der Waals surface area contributed by atoms with Crippen LogP contribution in [0.3, 0.4) is 0 Å². The standard InChI is InChI=1S/C21H23FN2O3/c1-15(25)27-19-11-13-24(14-12-19)20(16-5-3-2-4-6-16)21(26)23-18-9-7-17(22)8-10-18/h2-10,19-20H,11-14H2,1H3,(H,23,26)/t20-/m0/s1. The van der Waals surface area contributed by atoms with Crippen molar-refractivity contribution >= 4 is 17.6 Å². The molecule has 1 amide bonds. The Labute approximate surface area is 158 Å². The molecule has 1 aliphatic rings. The third-order valence-corrected chi connectivity index (χ3v) is 4.65. The lowest BCUT2D eigenvalue weighted by molar-refractivity contribution is -0.149. The fraction of sp³-hybridized carbons (Fsp3) is 0.333. The van der Waals surface area contributed by atoms with Gasteiger partial charge in [0.25, 0.3) is 0 Å². The minimum Gasteiger partial charge on any atom is -0.462 e. The Morgan fingerprint density at radius 2 is 1.70 bits per heavy atom. The molecule has 0 aromatic heterocycles. The number of halogens is 1. The van der Waals surface area contributed by atoms with Gasteiger partial charge >= 0.3 is 5.97 Å². The maximum absolute atomic E-state index is 13.1. The molecule has 3 rings (SSSR count). The van der Waals surface area contributed by atoms with Gasteiger partial charge in [-0.1, -0.05) is 30.3 Å². The summed E-state index contributed by atoms with van der Waals surface area (Å²) in [5, 5.41) is 2.88. The number of rotatable bonds is 5. The molecule has 0 unspecified atom stereocenters. The largest absolute Gasteiger partial charge is 0.462 e. The van der Waals surface area contributed by atoms with Crippen LogP contribution in [0.2, 0.25) is 0 Å². The molecule has 2 aromatic rings. The molecule has 5 nitrogen and oxygen atoms in total. The van der Waals surface area contributed by atoms with Crippen molar-refractivity contribution < 1.29 is 18.7 Å². The van der Waals surface area contributed by atoms with Gasteiger partial charge in [-0.05, 0) is 42.7 Å².